The third-order valence-electron chi connectivity index (χ3n) is 3.98. The number of methoxy groups -OCH3 is 1. The molecular weight excluding hydrogens is 252 g/mol. The molecule has 0 bridgehead atoms. The van der Waals surface area contributed by atoms with E-state index in [4.69, 9.17) is 10.5 Å². The van der Waals surface area contributed by atoms with Gasteiger partial charge in [0.1, 0.15) is 5.75 Å². The Balaban J connectivity index is 2.12. The summed E-state index contributed by atoms with van der Waals surface area (Å²) in [4.78, 5) is 14.4. The summed E-state index contributed by atoms with van der Waals surface area (Å²) in [6.07, 6.45) is 2.62. The van der Waals surface area contributed by atoms with E-state index in [0.29, 0.717) is 13.0 Å². The van der Waals surface area contributed by atoms with Crippen LogP contribution in [0, 0.1) is 5.92 Å². The maximum Gasteiger partial charge on any atom is 0.223 e. The minimum atomic E-state index is 0.183. The van der Waals surface area contributed by atoms with E-state index in [2.05, 4.69) is 6.07 Å². The van der Waals surface area contributed by atoms with Gasteiger partial charge >= 0.3 is 0 Å². The monoisotopic (exact) mass is 276 g/mol. The molecule has 4 heteroatoms. The molecule has 110 valence electrons. The fourth-order valence-electron chi connectivity index (χ4n) is 2.76. The van der Waals surface area contributed by atoms with Crippen molar-refractivity contribution in [2.45, 2.75) is 32.2 Å². The van der Waals surface area contributed by atoms with Gasteiger partial charge in [0.05, 0.1) is 13.2 Å². The predicted molar refractivity (Wildman–Crippen MR) is 79.5 cm³/mol. The van der Waals surface area contributed by atoms with Gasteiger partial charge in [0.25, 0.3) is 0 Å². The fourth-order valence-corrected chi connectivity index (χ4v) is 2.76. The van der Waals surface area contributed by atoms with Crippen molar-refractivity contribution in [2.24, 2.45) is 11.7 Å². The van der Waals surface area contributed by atoms with E-state index >= 15 is 0 Å². The topological polar surface area (TPSA) is 55.6 Å². The highest BCUT2D eigenvalue weighted by molar-refractivity contribution is 5.77. The quantitative estimate of drug-likeness (QED) is 0.898. The number of hydrogen-bond acceptors (Lipinski definition) is 3. The number of amides is 1. The van der Waals surface area contributed by atoms with E-state index in [1.54, 1.807) is 7.11 Å². The summed E-state index contributed by atoms with van der Waals surface area (Å²) in [5.74, 6) is 1.31. The molecule has 1 heterocycles. The number of likely N-dealkylation sites (tertiary alicyclic amines) is 1. The van der Waals surface area contributed by atoms with Gasteiger partial charge in [-0.3, -0.25) is 4.79 Å². The molecule has 0 radical (unpaired) electrons. The lowest BCUT2D eigenvalue weighted by Crippen LogP contribution is -2.32. The highest BCUT2D eigenvalue weighted by Crippen LogP contribution is 2.34. The number of benzene rings is 1. The lowest BCUT2D eigenvalue weighted by molar-refractivity contribution is -0.133. The predicted octanol–water partition coefficient (Wildman–Crippen LogP) is 2.34. The zero-order valence-corrected chi connectivity index (χ0v) is 12.3. The Kier molecular flexibility index (Phi) is 5.01. The Morgan fingerprint density at radius 2 is 2.35 bits per heavy atom. The van der Waals surface area contributed by atoms with Crippen LogP contribution in [0.3, 0.4) is 0 Å². The summed E-state index contributed by atoms with van der Waals surface area (Å²) in [6.45, 7) is 3.43. The standard InChI is InChI=1S/C16H24N2O2/c1-12(11-17)9-16(19)18-8-4-7-15(18)13-5-3-6-14(10-13)20-2/h3,5-6,10,12,15H,4,7-9,11,17H2,1-2H3. The molecule has 2 atom stereocenters. The SMILES string of the molecule is COc1cccc(C2CCCN2C(=O)CC(C)CN)c1. The van der Waals surface area contributed by atoms with Crippen molar-refractivity contribution in [3.8, 4) is 5.75 Å². The van der Waals surface area contributed by atoms with E-state index in [9.17, 15) is 4.79 Å². The van der Waals surface area contributed by atoms with Crippen LogP contribution in [0.2, 0.25) is 0 Å². The summed E-state index contributed by atoms with van der Waals surface area (Å²) in [5.41, 5.74) is 6.78. The highest BCUT2D eigenvalue weighted by atomic mass is 16.5. The Morgan fingerprint density at radius 3 is 3.05 bits per heavy atom. The Labute approximate surface area is 120 Å². The van der Waals surface area contributed by atoms with Crippen LogP contribution in [0.15, 0.2) is 24.3 Å². The van der Waals surface area contributed by atoms with Crippen molar-refractivity contribution in [3.05, 3.63) is 29.8 Å². The second-order valence-corrected chi connectivity index (χ2v) is 5.57. The first-order chi connectivity index (χ1) is 9.65. The molecule has 1 aliphatic rings. The molecule has 1 aliphatic heterocycles. The van der Waals surface area contributed by atoms with Crippen LogP contribution in [0.25, 0.3) is 0 Å². The van der Waals surface area contributed by atoms with Crippen molar-refractivity contribution in [1.82, 2.24) is 4.90 Å². The van der Waals surface area contributed by atoms with E-state index in [1.807, 2.05) is 30.0 Å². The van der Waals surface area contributed by atoms with E-state index < -0.39 is 0 Å². The molecule has 2 rings (SSSR count). The molecule has 1 saturated heterocycles. The first-order valence-corrected chi connectivity index (χ1v) is 7.29. The van der Waals surface area contributed by atoms with Gasteiger partial charge in [0.15, 0.2) is 0 Å². The van der Waals surface area contributed by atoms with Crippen LogP contribution in [-0.2, 0) is 4.79 Å². The molecule has 2 N–H and O–H groups in total. The highest BCUT2D eigenvalue weighted by Gasteiger charge is 2.30. The number of carbonyl (C=O) groups is 1. The van der Waals surface area contributed by atoms with Crippen molar-refractivity contribution >= 4 is 5.91 Å². The van der Waals surface area contributed by atoms with E-state index in [1.165, 1.54) is 0 Å². The molecule has 1 aromatic rings. The Morgan fingerprint density at radius 1 is 1.55 bits per heavy atom. The Hall–Kier alpha value is -1.55. The maximum absolute atomic E-state index is 12.4. The molecule has 0 saturated carbocycles. The van der Waals surface area contributed by atoms with Crippen LogP contribution in [0.5, 0.6) is 5.75 Å². The lowest BCUT2D eigenvalue weighted by atomic mass is 10.0. The minimum Gasteiger partial charge on any atom is -0.497 e. The molecule has 2 unspecified atom stereocenters. The number of hydrogen-bond donors (Lipinski definition) is 1. The minimum absolute atomic E-state index is 0.183. The summed E-state index contributed by atoms with van der Waals surface area (Å²) in [5, 5.41) is 0. The molecule has 0 aromatic heterocycles. The average Bonchev–Trinajstić information content (AvgIpc) is 2.96. The summed E-state index contributed by atoms with van der Waals surface area (Å²) in [7, 11) is 1.67. The van der Waals surface area contributed by atoms with Crippen molar-refractivity contribution in [2.75, 3.05) is 20.2 Å². The lowest BCUT2D eigenvalue weighted by Gasteiger charge is -2.26. The molecule has 1 aromatic carbocycles. The summed E-state index contributed by atoms with van der Waals surface area (Å²) in [6, 6.07) is 8.20. The maximum atomic E-state index is 12.4. The van der Waals surface area contributed by atoms with Gasteiger partial charge in [-0.25, -0.2) is 0 Å². The van der Waals surface area contributed by atoms with Crippen molar-refractivity contribution < 1.29 is 9.53 Å². The number of rotatable bonds is 5. The molecule has 20 heavy (non-hydrogen) atoms. The second-order valence-electron chi connectivity index (χ2n) is 5.57. The zero-order chi connectivity index (χ0) is 14.5. The van der Waals surface area contributed by atoms with Crippen LogP contribution in [0.4, 0.5) is 0 Å². The number of nitrogens with zero attached hydrogens (tertiary/aromatic N) is 1. The van der Waals surface area contributed by atoms with Crippen LogP contribution < -0.4 is 10.5 Å². The molecule has 1 amide bonds. The average molecular weight is 276 g/mol. The van der Waals surface area contributed by atoms with Gasteiger partial charge in [0.2, 0.25) is 5.91 Å². The fraction of sp³-hybridized carbons (Fsp3) is 0.562. The van der Waals surface area contributed by atoms with Crippen LogP contribution >= 0.6 is 0 Å². The van der Waals surface area contributed by atoms with E-state index in [-0.39, 0.29) is 17.9 Å². The largest absolute Gasteiger partial charge is 0.497 e. The van der Waals surface area contributed by atoms with E-state index in [0.717, 1.165) is 30.7 Å². The summed E-state index contributed by atoms with van der Waals surface area (Å²) < 4.78 is 5.27. The molecular formula is C16H24N2O2. The molecule has 0 spiro atoms. The van der Waals surface area contributed by atoms with Crippen molar-refractivity contribution in [1.29, 1.82) is 0 Å². The number of ether oxygens (including phenoxy) is 1. The number of carbonyl (C=O) groups excluding carboxylic acids is 1. The Bertz CT molecular complexity index is 462. The van der Waals surface area contributed by atoms with Crippen LogP contribution in [0.1, 0.15) is 37.8 Å². The summed E-state index contributed by atoms with van der Waals surface area (Å²) >= 11 is 0. The first kappa shape index (κ1) is 14.9. The third kappa shape index (κ3) is 3.31. The van der Waals surface area contributed by atoms with Crippen molar-refractivity contribution in [3.63, 3.8) is 0 Å². The molecule has 1 fully saturated rings. The number of nitrogens with two attached hydrogens (primary N) is 1. The zero-order valence-electron chi connectivity index (χ0n) is 12.3. The van der Waals surface area contributed by atoms with Gasteiger partial charge in [-0.15, -0.1) is 0 Å². The van der Waals surface area contributed by atoms with Gasteiger partial charge in [-0.1, -0.05) is 19.1 Å². The van der Waals surface area contributed by atoms with Crippen LogP contribution in [-0.4, -0.2) is 31.0 Å². The smallest absolute Gasteiger partial charge is 0.223 e. The molecule has 4 nitrogen and oxygen atoms in total. The second kappa shape index (κ2) is 6.75. The normalized spacial score (nSPS) is 19.9. The van der Waals surface area contributed by atoms with Gasteiger partial charge < -0.3 is 15.4 Å². The van der Waals surface area contributed by atoms with Gasteiger partial charge in [0, 0.05) is 13.0 Å². The first-order valence-electron chi connectivity index (χ1n) is 7.29. The van der Waals surface area contributed by atoms with Gasteiger partial charge in [-0.2, -0.15) is 0 Å². The van der Waals surface area contributed by atoms with Gasteiger partial charge in [-0.05, 0) is 43.0 Å². The third-order valence-corrected chi connectivity index (χ3v) is 3.98. The molecule has 0 aliphatic carbocycles.